The van der Waals surface area contributed by atoms with E-state index < -0.39 is 0 Å². The molecule has 1 fully saturated rings. The quantitative estimate of drug-likeness (QED) is 0.523. The van der Waals surface area contributed by atoms with Crippen LogP contribution < -0.4 is 5.63 Å². The van der Waals surface area contributed by atoms with Crippen LogP contribution in [0.3, 0.4) is 0 Å². The normalized spacial score (nSPS) is 18.1. The fourth-order valence-corrected chi connectivity index (χ4v) is 3.87. The van der Waals surface area contributed by atoms with Crippen LogP contribution in [0.2, 0.25) is 5.02 Å². The summed E-state index contributed by atoms with van der Waals surface area (Å²) in [5.41, 5.74) is 3.22. The average molecular weight is 449 g/mol. The Morgan fingerprint density at radius 2 is 2.00 bits per heavy atom. The van der Waals surface area contributed by atoms with Crippen LogP contribution >= 0.6 is 27.5 Å². The minimum atomic E-state index is -0.336. The number of morpholine rings is 1. The molecule has 2 aromatic carbocycles. The van der Waals surface area contributed by atoms with Gasteiger partial charge in [0.25, 0.3) is 0 Å². The van der Waals surface area contributed by atoms with Crippen LogP contribution in [0.1, 0.15) is 22.8 Å². The highest BCUT2D eigenvalue weighted by Crippen LogP contribution is 2.28. The van der Waals surface area contributed by atoms with Crippen molar-refractivity contribution >= 4 is 38.5 Å². The lowest BCUT2D eigenvalue weighted by atomic mass is 10.1. The molecular weight excluding hydrogens is 430 g/mol. The van der Waals surface area contributed by atoms with Gasteiger partial charge in [0.15, 0.2) is 0 Å². The number of benzene rings is 2. The van der Waals surface area contributed by atoms with Crippen LogP contribution in [0.25, 0.3) is 11.0 Å². The number of hydrogen-bond donors (Lipinski definition) is 0. The second-order valence-corrected chi connectivity index (χ2v) is 8.16. The van der Waals surface area contributed by atoms with Gasteiger partial charge in [0.2, 0.25) is 0 Å². The van der Waals surface area contributed by atoms with E-state index in [1.54, 1.807) is 6.07 Å². The standard InChI is InChI=1S/C21H19BrClNO3/c1-13-8-19-17(10-18(13)23)15(9-21(25)27-19)11-24-6-7-26-20(12-24)14-2-4-16(22)5-3-14/h2-5,8-10,20H,6-7,11-12H2,1H3. The Morgan fingerprint density at radius 1 is 1.22 bits per heavy atom. The van der Waals surface area contributed by atoms with Gasteiger partial charge in [-0.2, -0.15) is 0 Å². The molecule has 0 spiro atoms. The number of rotatable bonds is 3. The molecule has 0 N–H and O–H groups in total. The van der Waals surface area contributed by atoms with Gasteiger partial charge in [0, 0.05) is 40.6 Å². The molecule has 140 valence electrons. The van der Waals surface area contributed by atoms with E-state index in [-0.39, 0.29) is 11.7 Å². The van der Waals surface area contributed by atoms with E-state index in [2.05, 4.69) is 33.0 Å². The zero-order chi connectivity index (χ0) is 19.0. The van der Waals surface area contributed by atoms with Gasteiger partial charge < -0.3 is 9.15 Å². The smallest absolute Gasteiger partial charge is 0.336 e. The SMILES string of the molecule is Cc1cc2oc(=O)cc(CN3CCOC(c4ccc(Br)cc4)C3)c2cc1Cl. The first-order chi connectivity index (χ1) is 13.0. The third-order valence-electron chi connectivity index (χ3n) is 4.90. The maximum atomic E-state index is 12.0. The summed E-state index contributed by atoms with van der Waals surface area (Å²) in [4.78, 5) is 14.3. The summed E-state index contributed by atoms with van der Waals surface area (Å²) in [5, 5.41) is 1.56. The molecular formula is C21H19BrClNO3. The van der Waals surface area contributed by atoms with Crippen molar-refractivity contribution in [2.75, 3.05) is 19.7 Å². The van der Waals surface area contributed by atoms with E-state index >= 15 is 0 Å². The Bertz CT molecular complexity index is 1030. The molecule has 4 nitrogen and oxygen atoms in total. The second-order valence-electron chi connectivity index (χ2n) is 6.83. The maximum Gasteiger partial charge on any atom is 0.336 e. The van der Waals surface area contributed by atoms with Crippen molar-refractivity contribution in [1.82, 2.24) is 4.90 Å². The first-order valence-electron chi connectivity index (χ1n) is 8.82. The largest absolute Gasteiger partial charge is 0.423 e. The monoisotopic (exact) mass is 447 g/mol. The summed E-state index contributed by atoms with van der Waals surface area (Å²) in [6.45, 7) is 4.79. The Morgan fingerprint density at radius 3 is 2.78 bits per heavy atom. The van der Waals surface area contributed by atoms with Crippen LogP contribution in [0.4, 0.5) is 0 Å². The summed E-state index contributed by atoms with van der Waals surface area (Å²) in [7, 11) is 0. The van der Waals surface area contributed by atoms with E-state index in [1.165, 1.54) is 0 Å². The van der Waals surface area contributed by atoms with Gasteiger partial charge in [-0.25, -0.2) is 4.79 Å². The summed E-state index contributed by atoms with van der Waals surface area (Å²) in [5.74, 6) is 0. The topological polar surface area (TPSA) is 42.7 Å². The lowest BCUT2D eigenvalue weighted by Gasteiger charge is -2.33. The zero-order valence-electron chi connectivity index (χ0n) is 14.9. The highest BCUT2D eigenvalue weighted by molar-refractivity contribution is 9.10. The number of halogens is 2. The third kappa shape index (κ3) is 4.11. The molecule has 6 heteroatoms. The highest BCUT2D eigenvalue weighted by atomic mass is 79.9. The van der Waals surface area contributed by atoms with Crippen molar-refractivity contribution in [1.29, 1.82) is 0 Å². The minimum absolute atomic E-state index is 0.0177. The highest BCUT2D eigenvalue weighted by Gasteiger charge is 2.23. The van der Waals surface area contributed by atoms with Crippen LogP contribution in [-0.4, -0.2) is 24.6 Å². The Balaban J connectivity index is 1.61. The molecule has 0 bridgehead atoms. The molecule has 1 unspecified atom stereocenters. The summed E-state index contributed by atoms with van der Waals surface area (Å²) in [6.07, 6.45) is 0.0177. The van der Waals surface area contributed by atoms with Crippen molar-refractivity contribution in [2.45, 2.75) is 19.6 Å². The molecule has 2 heterocycles. The average Bonchev–Trinajstić information content (AvgIpc) is 2.64. The van der Waals surface area contributed by atoms with Crippen molar-refractivity contribution in [3.63, 3.8) is 0 Å². The Kier molecular flexibility index (Phi) is 5.37. The molecule has 3 aromatic rings. The van der Waals surface area contributed by atoms with Gasteiger partial charge in [-0.15, -0.1) is 0 Å². The van der Waals surface area contributed by atoms with Gasteiger partial charge in [0.05, 0.1) is 12.7 Å². The van der Waals surface area contributed by atoms with Crippen LogP contribution in [-0.2, 0) is 11.3 Å². The molecule has 27 heavy (non-hydrogen) atoms. The molecule has 1 aromatic heterocycles. The second kappa shape index (κ2) is 7.76. The molecule has 1 aliphatic rings. The number of nitrogens with zero attached hydrogens (tertiary/aromatic N) is 1. The fourth-order valence-electron chi connectivity index (χ4n) is 3.45. The Hall–Kier alpha value is -1.66. The molecule has 0 saturated carbocycles. The van der Waals surface area contributed by atoms with Gasteiger partial charge in [-0.1, -0.05) is 39.7 Å². The van der Waals surface area contributed by atoms with Crippen molar-refractivity contribution in [2.24, 2.45) is 0 Å². The summed E-state index contributed by atoms with van der Waals surface area (Å²) < 4.78 is 12.4. The van der Waals surface area contributed by atoms with Gasteiger partial charge in [-0.3, -0.25) is 4.90 Å². The summed E-state index contributed by atoms with van der Waals surface area (Å²) in [6, 6.07) is 13.5. The fraction of sp³-hybridized carbons (Fsp3) is 0.286. The van der Waals surface area contributed by atoms with Crippen molar-refractivity contribution in [3.8, 4) is 0 Å². The zero-order valence-corrected chi connectivity index (χ0v) is 17.2. The molecule has 0 aliphatic carbocycles. The molecule has 0 radical (unpaired) electrons. The van der Waals surface area contributed by atoms with E-state index in [4.69, 9.17) is 20.8 Å². The summed E-state index contributed by atoms with van der Waals surface area (Å²) >= 11 is 9.77. The van der Waals surface area contributed by atoms with E-state index in [1.807, 2.05) is 31.2 Å². The number of hydrogen-bond acceptors (Lipinski definition) is 4. The number of ether oxygens (including phenoxy) is 1. The van der Waals surface area contributed by atoms with Crippen molar-refractivity contribution < 1.29 is 9.15 Å². The van der Waals surface area contributed by atoms with E-state index in [0.717, 1.165) is 39.6 Å². The first-order valence-corrected chi connectivity index (χ1v) is 9.99. The predicted molar refractivity (Wildman–Crippen MR) is 110 cm³/mol. The molecule has 0 amide bonds. The first kappa shape index (κ1) is 18.7. The molecule has 4 rings (SSSR count). The maximum absolute atomic E-state index is 12.0. The third-order valence-corrected chi connectivity index (χ3v) is 5.83. The molecule has 1 saturated heterocycles. The van der Waals surface area contributed by atoms with Crippen LogP contribution in [0.5, 0.6) is 0 Å². The minimum Gasteiger partial charge on any atom is -0.423 e. The van der Waals surface area contributed by atoms with E-state index in [0.29, 0.717) is 23.8 Å². The van der Waals surface area contributed by atoms with E-state index in [9.17, 15) is 4.79 Å². The van der Waals surface area contributed by atoms with Gasteiger partial charge in [-0.05, 0) is 47.9 Å². The predicted octanol–water partition coefficient (Wildman–Crippen LogP) is 5.09. The molecule has 1 atom stereocenters. The van der Waals surface area contributed by atoms with Crippen LogP contribution in [0, 0.1) is 6.92 Å². The van der Waals surface area contributed by atoms with Gasteiger partial charge in [0.1, 0.15) is 5.58 Å². The number of aryl methyl sites for hydroxylation is 1. The molecule has 1 aliphatic heterocycles. The van der Waals surface area contributed by atoms with Gasteiger partial charge >= 0.3 is 5.63 Å². The lowest BCUT2D eigenvalue weighted by molar-refractivity contribution is -0.0328. The van der Waals surface area contributed by atoms with Crippen LogP contribution in [0.15, 0.2) is 56.1 Å². The van der Waals surface area contributed by atoms with Crippen molar-refractivity contribution in [3.05, 3.63) is 79.1 Å². The lowest BCUT2D eigenvalue weighted by Crippen LogP contribution is -2.38. The Labute approximate surface area is 170 Å². The number of fused-ring (bicyclic) bond motifs is 1.